The van der Waals surface area contributed by atoms with Crippen LogP contribution in [0.2, 0.25) is 0 Å². The lowest BCUT2D eigenvalue weighted by atomic mass is 9.81. The minimum atomic E-state index is -0.412. The van der Waals surface area contributed by atoms with Gasteiger partial charge in [0.05, 0.1) is 11.9 Å². The van der Waals surface area contributed by atoms with Gasteiger partial charge < -0.3 is 9.52 Å². The van der Waals surface area contributed by atoms with Gasteiger partial charge >= 0.3 is 0 Å². The van der Waals surface area contributed by atoms with Gasteiger partial charge in [-0.3, -0.25) is 0 Å². The summed E-state index contributed by atoms with van der Waals surface area (Å²) in [6, 6.07) is 3.88. The summed E-state index contributed by atoms with van der Waals surface area (Å²) in [4.78, 5) is 0. The fourth-order valence-corrected chi connectivity index (χ4v) is 2.27. The van der Waals surface area contributed by atoms with Gasteiger partial charge in [-0.05, 0) is 31.4 Å². The van der Waals surface area contributed by atoms with E-state index in [-0.39, 0.29) is 0 Å². The van der Waals surface area contributed by atoms with Crippen LogP contribution >= 0.6 is 0 Å². The van der Waals surface area contributed by atoms with Crippen molar-refractivity contribution in [2.75, 3.05) is 0 Å². The lowest BCUT2D eigenvalue weighted by Gasteiger charge is -2.31. The van der Waals surface area contributed by atoms with Crippen molar-refractivity contribution in [1.82, 2.24) is 0 Å². The van der Waals surface area contributed by atoms with Crippen molar-refractivity contribution in [1.29, 1.82) is 0 Å². The quantitative estimate of drug-likeness (QED) is 0.802. The van der Waals surface area contributed by atoms with E-state index in [9.17, 15) is 5.11 Å². The number of rotatable bonds is 3. The molecule has 2 heteroatoms. The van der Waals surface area contributed by atoms with Gasteiger partial charge in [-0.1, -0.05) is 19.3 Å². The highest BCUT2D eigenvalue weighted by atomic mass is 16.3. The molecule has 0 unspecified atom stereocenters. The third kappa shape index (κ3) is 2.38. The molecule has 2 rings (SSSR count). The van der Waals surface area contributed by atoms with E-state index in [2.05, 4.69) is 0 Å². The molecule has 14 heavy (non-hydrogen) atoms. The second-order valence-electron chi connectivity index (χ2n) is 4.36. The van der Waals surface area contributed by atoms with Gasteiger partial charge in [-0.15, -0.1) is 0 Å². The highest BCUT2D eigenvalue weighted by Crippen LogP contribution is 2.31. The molecule has 1 aliphatic carbocycles. The molecule has 1 aliphatic rings. The molecule has 0 atom stereocenters. The summed E-state index contributed by atoms with van der Waals surface area (Å²) in [5.74, 6) is 0.990. The molecule has 1 N–H and O–H groups in total. The molecule has 2 nitrogen and oxygen atoms in total. The Kier molecular flexibility index (Phi) is 2.92. The second-order valence-corrected chi connectivity index (χ2v) is 4.36. The van der Waals surface area contributed by atoms with Crippen molar-refractivity contribution in [2.24, 2.45) is 0 Å². The average Bonchev–Trinajstić information content (AvgIpc) is 2.69. The molecule has 0 aliphatic heterocycles. The normalized spacial score (nSPS) is 20.9. The molecule has 0 amide bonds. The summed E-state index contributed by atoms with van der Waals surface area (Å²) in [5, 5.41) is 10.2. The van der Waals surface area contributed by atoms with Gasteiger partial charge in [0.2, 0.25) is 0 Å². The van der Waals surface area contributed by atoms with E-state index in [1.807, 2.05) is 12.1 Å². The maximum atomic E-state index is 10.2. The van der Waals surface area contributed by atoms with Crippen LogP contribution in [0.1, 0.15) is 44.3 Å². The lowest BCUT2D eigenvalue weighted by molar-refractivity contribution is -0.00443. The van der Waals surface area contributed by atoms with Crippen LogP contribution in [0.25, 0.3) is 0 Å². The molecule has 1 fully saturated rings. The van der Waals surface area contributed by atoms with Gasteiger partial charge in [0, 0.05) is 6.42 Å². The Hall–Kier alpha value is -0.760. The van der Waals surface area contributed by atoms with E-state index >= 15 is 0 Å². The SMILES string of the molecule is OC1(CCc2ccco2)CCCCC1. The standard InChI is InChI=1S/C12H18O2/c13-12(7-2-1-3-8-12)9-6-11-5-4-10-14-11/h4-5,10,13H,1-3,6-9H2. The third-order valence-corrected chi connectivity index (χ3v) is 3.20. The Balaban J connectivity index is 1.84. The number of furan rings is 1. The first-order valence-electron chi connectivity index (χ1n) is 5.53. The molecule has 1 aromatic rings. The zero-order valence-electron chi connectivity index (χ0n) is 8.54. The fraction of sp³-hybridized carbons (Fsp3) is 0.667. The summed E-state index contributed by atoms with van der Waals surface area (Å²) >= 11 is 0. The molecule has 1 aromatic heterocycles. The summed E-state index contributed by atoms with van der Waals surface area (Å²) in [6.45, 7) is 0. The molecule has 0 bridgehead atoms. The summed E-state index contributed by atoms with van der Waals surface area (Å²) in [6.07, 6.45) is 8.97. The molecule has 0 spiro atoms. The van der Waals surface area contributed by atoms with E-state index in [1.54, 1.807) is 6.26 Å². The zero-order chi connectivity index (χ0) is 9.86. The van der Waals surface area contributed by atoms with E-state index in [1.165, 1.54) is 19.3 Å². The van der Waals surface area contributed by atoms with Crippen molar-refractivity contribution in [3.63, 3.8) is 0 Å². The van der Waals surface area contributed by atoms with Gasteiger partial charge in [0.25, 0.3) is 0 Å². The maximum absolute atomic E-state index is 10.2. The Labute approximate surface area is 84.9 Å². The number of hydrogen-bond donors (Lipinski definition) is 1. The van der Waals surface area contributed by atoms with Crippen LogP contribution in [0.5, 0.6) is 0 Å². The Morgan fingerprint density at radius 1 is 1.29 bits per heavy atom. The highest BCUT2D eigenvalue weighted by molar-refractivity contribution is 4.99. The van der Waals surface area contributed by atoms with Crippen molar-refractivity contribution >= 4 is 0 Å². The topological polar surface area (TPSA) is 33.4 Å². The number of aliphatic hydroxyl groups is 1. The summed E-state index contributed by atoms with van der Waals surface area (Å²) < 4.78 is 5.26. The Morgan fingerprint density at radius 3 is 2.71 bits per heavy atom. The van der Waals surface area contributed by atoms with Crippen LogP contribution in [0.3, 0.4) is 0 Å². The van der Waals surface area contributed by atoms with Crippen LogP contribution in [0, 0.1) is 0 Å². The molecule has 0 radical (unpaired) electrons. The molecule has 78 valence electrons. The van der Waals surface area contributed by atoms with Gasteiger partial charge in [0.1, 0.15) is 5.76 Å². The fourth-order valence-electron chi connectivity index (χ4n) is 2.27. The average molecular weight is 194 g/mol. The first-order chi connectivity index (χ1) is 6.79. The van der Waals surface area contributed by atoms with E-state index in [0.29, 0.717) is 0 Å². The van der Waals surface area contributed by atoms with Crippen LogP contribution < -0.4 is 0 Å². The predicted octanol–water partition coefficient (Wildman–Crippen LogP) is 2.91. The third-order valence-electron chi connectivity index (χ3n) is 3.20. The summed E-state index contributed by atoms with van der Waals surface area (Å²) in [5.41, 5.74) is -0.412. The van der Waals surface area contributed by atoms with Gasteiger partial charge in [0.15, 0.2) is 0 Å². The van der Waals surface area contributed by atoms with Crippen molar-refractivity contribution in [3.05, 3.63) is 24.2 Å². The molecular weight excluding hydrogens is 176 g/mol. The van der Waals surface area contributed by atoms with Crippen LogP contribution in [0.15, 0.2) is 22.8 Å². The van der Waals surface area contributed by atoms with E-state index in [0.717, 1.165) is 31.4 Å². The number of hydrogen-bond acceptors (Lipinski definition) is 2. The highest BCUT2D eigenvalue weighted by Gasteiger charge is 2.28. The molecular formula is C12H18O2. The monoisotopic (exact) mass is 194 g/mol. The van der Waals surface area contributed by atoms with Crippen molar-refractivity contribution < 1.29 is 9.52 Å². The Bertz CT molecular complexity index is 258. The van der Waals surface area contributed by atoms with Gasteiger partial charge in [-0.25, -0.2) is 0 Å². The van der Waals surface area contributed by atoms with Crippen LogP contribution in [-0.4, -0.2) is 10.7 Å². The van der Waals surface area contributed by atoms with E-state index in [4.69, 9.17) is 4.42 Å². The Morgan fingerprint density at radius 2 is 2.07 bits per heavy atom. The number of aryl methyl sites for hydroxylation is 1. The first kappa shape index (κ1) is 9.78. The lowest BCUT2D eigenvalue weighted by Crippen LogP contribution is -2.31. The van der Waals surface area contributed by atoms with Crippen LogP contribution in [-0.2, 0) is 6.42 Å². The van der Waals surface area contributed by atoms with Crippen molar-refractivity contribution in [2.45, 2.75) is 50.5 Å². The first-order valence-corrected chi connectivity index (χ1v) is 5.53. The minimum absolute atomic E-state index is 0.412. The molecule has 1 saturated carbocycles. The molecule has 0 saturated heterocycles. The van der Waals surface area contributed by atoms with E-state index < -0.39 is 5.60 Å². The minimum Gasteiger partial charge on any atom is -0.469 e. The van der Waals surface area contributed by atoms with Crippen LogP contribution in [0.4, 0.5) is 0 Å². The molecule has 0 aromatic carbocycles. The zero-order valence-corrected chi connectivity index (χ0v) is 8.54. The largest absolute Gasteiger partial charge is 0.469 e. The van der Waals surface area contributed by atoms with Gasteiger partial charge in [-0.2, -0.15) is 0 Å². The molecule has 1 heterocycles. The smallest absolute Gasteiger partial charge is 0.103 e. The predicted molar refractivity (Wildman–Crippen MR) is 55.1 cm³/mol. The maximum Gasteiger partial charge on any atom is 0.103 e. The second kappa shape index (κ2) is 4.18. The summed E-state index contributed by atoms with van der Waals surface area (Å²) in [7, 11) is 0. The van der Waals surface area contributed by atoms with Crippen molar-refractivity contribution in [3.8, 4) is 0 Å².